The lowest BCUT2D eigenvalue weighted by Crippen LogP contribution is -2.17. The van der Waals surface area contributed by atoms with Gasteiger partial charge < -0.3 is 0 Å². The molecule has 2 aliphatic rings. The van der Waals surface area contributed by atoms with Gasteiger partial charge in [0.05, 0.1) is 0 Å². The van der Waals surface area contributed by atoms with E-state index in [9.17, 15) is 0 Å². The van der Waals surface area contributed by atoms with E-state index in [4.69, 9.17) is 11.6 Å². The first-order valence-corrected chi connectivity index (χ1v) is 6.67. The SMILES string of the molecule is ClCC1CC12CCSc1ccccc12. The van der Waals surface area contributed by atoms with Gasteiger partial charge in [0.1, 0.15) is 0 Å². The Balaban J connectivity index is 2.05. The summed E-state index contributed by atoms with van der Waals surface area (Å²) >= 11 is 7.98. The summed E-state index contributed by atoms with van der Waals surface area (Å²) in [5, 5.41) is 0. The Labute approximate surface area is 94.0 Å². The van der Waals surface area contributed by atoms with Gasteiger partial charge in [0.15, 0.2) is 0 Å². The van der Waals surface area contributed by atoms with Crippen LogP contribution in [0.15, 0.2) is 29.2 Å². The van der Waals surface area contributed by atoms with Gasteiger partial charge in [0.2, 0.25) is 0 Å². The first-order chi connectivity index (χ1) is 6.87. The van der Waals surface area contributed by atoms with Gasteiger partial charge in [-0.15, -0.1) is 23.4 Å². The van der Waals surface area contributed by atoms with Crippen molar-refractivity contribution in [1.29, 1.82) is 0 Å². The summed E-state index contributed by atoms with van der Waals surface area (Å²) in [6.45, 7) is 0. The van der Waals surface area contributed by atoms with Crippen molar-refractivity contribution in [2.24, 2.45) is 5.92 Å². The van der Waals surface area contributed by atoms with Gasteiger partial charge in [-0.05, 0) is 36.1 Å². The lowest BCUT2D eigenvalue weighted by atomic mass is 9.90. The van der Waals surface area contributed by atoms with Crippen LogP contribution < -0.4 is 0 Å². The molecule has 2 atom stereocenters. The van der Waals surface area contributed by atoms with Crippen molar-refractivity contribution in [3.8, 4) is 0 Å². The highest BCUT2D eigenvalue weighted by Crippen LogP contribution is 2.61. The molecule has 0 aromatic heterocycles. The largest absolute Gasteiger partial charge is 0.126 e. The third-order valence-corrected chi connectivity index (χ3v) is 5.10. The van der Waals surface area contributed by atoms with Crippen LogP contribution in [-0.2, 0) is 5.41 Å². The molecule has 0 radical (unpaired) electrons. The molecule has 14 heavy (non-hydrogen) atoms. The zero-order valence-electron chi connectivity index (χ0n) is 8.00. The molecular weight excluding hydrogens is 212 g/mol. The van der Waals surface area contributed by atoms with Crippen molar-refractivity contribution in [3.63, 3.8) is 0 Å². The molecule has 0 amide bonds. The van der Waals surface area contributed by atoms with Crippen molar-refractivity contribution in [1.82, 2.24) is 0 Å². The monoisotopic (exact) mass is 224 g/mol. The van der Waals surface area contributed by atoms with Crippen LogP contribution in [0, 0.1) is 5.92 Å². The summed E-state index contributed by atoms with van der Waals surface area (Å²) in [6, 6.07) is 8.86. The fourth-order valence-electron chi connectivity index (χ4n) is 2.70. The van der Waals surface area contributed by atoms with Gasteiger partial charge >= 0.3 is 0 Å². The molecule has 0 saturated heterocycles. The van der Waals surface area contributed by atoms with Crippen LogP contribution in [0.25, 0.3) is 0 Å². The fraction of sp³-hybridized carbons (Fsp3) is 0.500. The summed E-state index contributed by atoms with van der Waals surface area (Å²) in [4.78, 5) is 1.49. The molecule has 0 N–H and O–H groups in total. The van der Waals surface area contributed by atoms with E-state index < -0.39 is 0 Å². The number of hydrogen-bond donors (Lipinski definition) is 0. The summed E-state index contributed by atoms with van der Waals surface area (Å²) in [5.74, 6) is 2.84. The third-order valence-electron chi connectivity index (χ3n) is 3.65. The number of halogens is 1. The van der Waals surface area contributed by atoms with Crippen LogP contribution >= 0.6 is 23.4 Å². The Morgan fingerprint density at radius 1 is 1.43 bits per heavy atom. The average Bonchev–Trinajstić information content (AvgIpc) is 2.94. The van der Waals surface area contributed by atoms with Crippen molar-refractivity contribution in [3.05, 3.63) is 29.8 Å². The lowest BCUT2D eigenvalue weighted by Gasteiger charge is -2.25. The van der Waals surface area contributed by atoms with Gasteiger partial charge in [-0.1, -0.05) is 18.2 Å². The zero-order chi connectivity index (χ0) is 9.60. The smallest absolute Gasteiger partial charge is 0.0260 e. The number of rotatable bonds is 1. The van der Waals surface area contributed by atoms with Crippen molar-refractivity contribution < 1.29 is 0 Å². The highest BCUT2D eigenvalue weighted by molar-refractivity contribution is 7.99. The summed E-state index contributed by atoms with van der Waals surface area (Å²) in [5.41, 5.74) is 2.05. The standard InChI is InChI=1S/C12H13ClS/c13-8-9-7-12(9)5-6-14-11-4-2-1-3-10(11)12/h1-4,9H,5-8H2. The molecule has 1 aliphatic heterocycles. The third kappa shape index (κ3) is 1.15. The van der Waals surface area contributed by atoms with E-state index in [1.54, 1.807) is 5.56 Å². The van der Waals surface area contributed by atoms with Crippen molar-refractivity contribution >= 4 is 23.4 Å². The molecule has 1 saturated carbocycles. The van der Waals surface area contributed by atoms with Gasteiger partial charge in [-0.3, -0.25) is 0 Å². The average molecular weight is 225 g/mol. The molecule has 2 heteroatoms. The van der Waals surface area contributed by atoms with Crippen LogP contribution in [0.3, 0.4) is 0 Å². The van der Waals surface area contributed by atoms with E-state index in [1.165, 1.54) is 23.5 Å². The van der Waals surface area contributed by atoms with Gasteiger partial charge in [-0.2, -0.15) is 0 Å². The molecule has 1 aliphatic carbocycles. The van der Waals surface area contributed by atoms with Gasteiger partial charge in [-0.25, -0.2) is 0 Å². The molecular formula is C12H13ClS. The minimum atomic E-state index is 0.476. The predicted molar refractivity (Wildman–Crippen MR) is 62.3 cm³/mol. The highest BCUT2D eigenvalue weighted by atomic mass is 35.5. The van der Waals surface area contributed by atoms with E-state index >= 15 is 0 Å². The minimum Gasteiger partial charge on any atom is -0.126 e. The Morgan fingerprint density at radius 2 is 2.29 bits per heavy atom. The lowest BCUT2D eigenvalue weighted by molar-refractivity contribution is 0.594. The first kappa shape index (κ1) is 9.11. The number of fused-ring (bicyclic) bond motifs is 2. The number of thioether (sulfide) groups is 1. The molecule has 1 aromatic rings. The highest BCUT2D eigenvalue weighted by Gasteiger charge is 2.55. The Morgan fingerprint density at radius 3 is 3.07 bits per heavy atom. The van der Waals surface area contributed by atoms with E-state index in [0.29, 0.717) is 5.41 Å². The van der Waals surface area contributed by atoms with Gasteiger partial charge in [0.25, 0.3) is 0 Å². The maximum absolute atomic E-state index is 5.98. The molecule has 1 fully saturated rings. The second-order valence-electron chi connectivity index (χ2n) is 4.31. The predicted octanol–water partition coefficient (Wildman–Crippen LogP) is 3.68. The van der Waals surface area contributed by atoms with Crippen molar-refractivity contribution in [2.45, 2.75) is 23.2 Å². The van der Waals surface area contributed by atoms with Crippen LogP contribution in [0.2, 0.25) is 0 Å². The normalized spacial score (nSPS) is 34.2. The minimum absolute atomic E-state index is 0.476. The summed E-state index contributed by atoms with van der Waals surface area (Å²) in [7, 11) is 0. The molecule has 2 unspecified atom stereocenters. The topological polar surface area (TPSA) is 0 Å². The molecule has 1 heterocycles. The maximum atomic E-state index is 5.98. The van der Waals surface area contributed by atoms with E-state index in [2.05, 4.69) is 24.3 Å². The Kier molecular flexibility index (Phi) is 2.07. The molecule has 0 bridgehead atoms. The Hall–Kier alpha value is -0.140. The quantitative estimate of drug-likeness (QED) is 0.656. The van der Waals surface area contributed by atoms with Gasteiger partial charge in [0, 0.05) is 16.2 Å². The Bertz CT molecular complexity index is 363. The van der Waals surface area contributed by atoms with Crippen LogP contribution in [0.5, 0.6) is 0 Å². The molecule has 74 valence electrons. The second kappa shape index (κ2) is 3.18. The number of hydrogen-bond acceptors (Lipinski definition) is 1. The molecule has 3 rings (SSSR count). The van der Waals surface area contributed by atoms with Crippen LogP contribution in [0.4, 0.5) is 0 Å². The maximum Gasteiger partial charge on any atom is 0.0260 e. The molecule has 1 spiro atoms. The van der Waals surface area contributed by atoms with Crippen LogP contribution in [-0.4, -0.2) is 11.6 Å². The fourth-order valence-corrected chi connectivity index (χ4v) is 4.39. The zero-order valence-corrected chi connectivity index (χ0v) is 9.57. The van der Waals surface area contributed by atoms with E-state index in [-0.39, 0.29) is 0 Å². The summed E-state index contributed by atoms with van der Waals surface area (Å²) in [6.07, 6.45) is 2.64. The molecule has 1 aromatic carbocycles. The van der Waals surface area contributed by atoms with Crippen LogP contribution in [0.1, 0.15) is 18.4 Å². The summed E-state index contributed by atoms with van der Waals surface area (Å²) < 4.78 is 0. The first-order valence-electron chi connectivity index (χ1n) is 5.15. The second-order valence-corrected chi connectivity index (χ2v) is 5.75. The van der Waals surface area contributed by atoms with E-state index in [0.717, 1.165) is 11.8 Å². The molecule has 0 nitrogen and oxygen atoms in total. The van der Waals surface area contributed by atoms with E-state index in [1.807, 2.05) is 11.8 Å². The number of alkyl halides is 1. The number of benzene rings is 1. The van der Waals surface area contributed by atoms with Crippen molar-refractivity contribution in [2.75, 3.05) is 11.6 Å².